The third-order valence-electron chi connectivity index (χ3n) is 2.54. The Kier molecular flexibility index (Phi) is 7.50. The van der Waals surface area contributed by atoms with Crippen LogP contribution in [0.15, 0.2) is 24.3 Å². The molecule has 0 spiro atoms. The highest BCUT2D eigenvalue weighted by Gasteiger charge is 2.19. The maximum Gasteiger partial charge on any atom is 0.0556 e. The van der Waals surface area contributed by atoms with Gasteiger partial charge in [0.2, 0.25) is 0 Å². The van der Waals surface area contributed by atoms with Gasteiger partial charge in [-0.25, -0.2) is 0 Å². The summed E-state index contributed by atoms with van der Waals surface area (Å²) < 4.78 is 0. The van der Waals surface area contributed by atoms with Crippen molar-refractivity contribution < 1.29 is 5.11 Å². The van der Waals surface area contributed by atoms with Crippen molar-refractivity contribution in [3.8, 4) is 0 Å². The van der Waals surface area contributed by atoms with E-state index in [0.29, 0.717) is 0 Å². The van der Waals surface area contributed by atoms with Gasteiger partial charge < -0.3 is 5.11 Å². The lowest BCUT2D eigenvalue weighted by atomic mass is 9.84. The maximum atomic E-state index is 9.40. The predicted molar refractivity (Wildman–Crippen MR) is 63.3 cm³/mol. The third-order valence-corrected chi connectivity index (χ3v) is 2.54. The van der Waals surface area contributed by atoms with Crippen LogP contribution in [0.4, 0.5) is 0 Å². The van der Waals surface area contributed by atoms with Crippen LogP contribution in [0.1, 0.15) is 46.5 Å². The molecule has 1 N–H and O–H groups in total. The van der Waals surface area contributed by atoms with Crippen molar-refractivity contribution in [3.05, 3.63) is 24.3 Å². The van der Waals surface area contributed by atoms with Crippen LogP contribution in [0.2, 0.25) is 0 Å². The second kappa shape index (κ2) is 7.81. The zero-order valence-corrected chi connectivity index (χ0v) is 9.79. The molecule has 0 aromatic carbocycles. The van der Waals surface area contributed by atoms with Crippen molar-refractivity contribution in [1.82, 2.24) is 0 Å². The first kappa shape index (κ1) is 13.4. The topological polar surface area (TPSA) is 20.2 Å². The molecule has 0 aromatic heterocycles. The smallest absolute Gasteiger partial charge is 0.0556 e. The number of hydrogen-bond donors (Lipinski definition) is 1. The molecule has 0 amide bonds. The summed E-state index contributed by atoms with van der Waals surface area (Å²) >= 11 is 0. The van der Waals surface area contributed by atoms with Crippen molar-refractivity contribution in [3.63, 3.8) is 0 Å². The van der Waals surface area contributed by atoms with E-state index in [4.69, 9.17) is 0 Å². The maximum absolute atomic E-state index is 9.40. The van der Waals surface area contributed by atoms with Crippen LogP contribution >= 0.6 is 0 Å². The zero-order chi connectivity index (χ0) is 10.9. The predicted octanol–water partition coefficient (Wildman–Crippen LogP) is 3.70. The highest BCUT2D eigenvalue weighted by atomic mass is 16.3. The molecule has 1 atom stereocenters. The van der Waals surface area contributed by atoms with E-state index < -0.39 is 0 Å². The molecule has 0 saturated heterocycles. The van der Waals surface area contributed by atoms with E-state index in [1.165, 1.54) is 6.42 Å². The summed E-state index contributed by atoms with van der Waals surface area (Å²) in [5, 5.41) is 9.40. The Hall–Kier alpha value is -0.560. The molecule has 14 heavy (non-hydrogen) atoms. The van der Waals surface area contributed by atoms with E-state index in [9.17, 15) is 5.11 Å². The molecule has 0 saturated carbocycles. The van der Waals surface area contributed by atoms with Crippen LogP contribution < -0.4 is 0 Å². The van der Waals surface area contributed by atoms with E-state index in [1.54, 1.807) is 0 Å². The van der Waals surface area contributed by atoms with Gasteiger partial charge in [0, 0.05) is 5.41 Å². The molecule has 0 bridgehead atoms. The van der Waals surface area contributed by atoms with E-state index in [2.05, 4.69) is 45.1 Å². The monoisotopic (exact) mass is 196 g/mol. The number of rotatable bonds is 7. The van der Waals surface area contributed by atoms with Gasteiger partial charge in [0.15, 0.2) is 0 Å². The number of aliphatic hydroxyl groups is 1. The van der Waals surface area contributed by atoms with Crippen molar-refractivity contribution in [1.29, 1.82) is 0 Å². The van der Waals surface area contributed by atoms with Crippen molar-refractivity contribution in [2.45, 2.75) is 46.5 Å². The van der Waals surface area contributed by atoms with E-state index in [1.807, 2.05) is 0 Å². The molecular weight excluding hydrogens is 172 g/mol. The molecule has 1 nitrogen and oxygen atoms in total. The van der Waals surface area contributed by atoms with Crippen LogP contribution in [0, 0.1) is 5.41 Å². The quantitative estimate of drug-likeness (QED) is 0.616. The summed E-state index contributed by atoms with van der Waals surface area (Å²) in [7, 11) is 0. The lowest BCUT2D eigenvalue weighted by Gasteiger charge is -2.22. The molecular formula is C13H24O. The molecule has 0 radical (unpaired) electrons. The zero-order valence-electron chi connectivity index (χ0n) is 9.79. The summed E-state index contributed by atoms with van der Waals surface area (Å²) in [5.74, 6) is 0. The van der Waals surface area contributed by atoms with Gasteiger partial charge in [-0.2, -0.15) is 0 Å². The lowest BCUT2D eigenvalue weighted by molar-refractivity contribution is 0.202. The van der Waals surface area contributed by atoms with Crippen LogP contribution in [0.5, 0.6) is 0 Å². The van der Waals surface area contributed by atoms with Gasteiger partial charge in [-0.15, -0.1) is 0 Å². The summed E-state index contributed by atoms with van der Waals surface area (Å²) in [6, 6.07) is 0. The normalized spacial score (nSPS) is 16.6. The summed E-state index contributed by atoms with van der Waals surface area (Å²) in [5.41, 5.74) is -0.120. The molecule has 0 aliphatic rings. The van der Waals surface area contributed by atoms with E-state index in [0.717, 1.165) is 19.3 Å². The fourth-order valence-electron chi connectivity index (χ4n) is 1.35. The molecule has 1 unspecified atom stereocenters. The van der Waals surface area contributed by atoms with Crippen molar-refractivity contribution >= 4 is 0 Å². The number of unbranched alkanes of at least 4 members (excludes halogenated alkanes) is 1. The standard InChI is InChI=1S/C13H24O/c1-4-7-9-11-13(6-3,12-14)10-8-5-2/h8-11,14H,4-7,12H2,1-3H3. The molecule has 82 valence electrons. The van der Waals surface area contributed by atoms with E-state index >= 15 is 0 Å². The Morgan fingerprint density at radius 1 is 1.07 bits per heavy atom. The van der Waals surface area contributed by atoms with Gasteiger partial charge in [0.1, 0.15) is 0 Å². The molecule has 1 heteroatoms. The Balaban J connectivity index is 4.43. The summed E-state index contributed by atoms with van der Waals surface area (Å²) in [6.07, 6.45) is 12.9. The molecule has 0 aliphatic heterocycles. The van der Waals surface area contributed by atoms with Crippen LogP contribution in [-0.2, 0) is 0 Å². The van der Waals surface area contributed by atoms with Gasteiger partial charge >= 0.3 is 0 Å². The molecule has 0 rings (SSSR count). The SMILES string of the molecule is CCC=CC(C=CCCC)(CC)CO. The van der Waals surface area contributed by atoms with Gasteiger partial charge in [-0.3, -0.25) is 0 Å². The average molecular weight is 196 g/mol. The first-order chi connectivity index (χ1) is 6.74. The highest BCUT2D eigenvalue weighted by molar-refractivity contribution is 5.11. The number of allylic oxidation sites excluding steroid dienone is 2. The number of hydrogen-bond acceptors (Lipinski definition) is 1. The van der Waals surface area contributed by atoms with Crippen LogP contribution in [0.25, 0.3) is 0 Å². The largest absolute Gasteiger partial charge is 0.395 e. The van der Waals surface area contributed by atoms with Crippen LogP contribution in [-0.4, -0.2) is 11.7 Å². The first-order valence-electron chi connectivity index (χ1n) is 5.71. The highest BCUT2D eigenvalue weighted by Crippen LogP contribution is 2.25. The van der Waals surface area contributed by atoms with E-state index in [-0.39, 0.29) is 12.0 Å². The van der Waals surface area contributed by atoms with Crippen LogP contribution in [0.3, 0.4) is 0 Å². The van der Waals surface area contributed by atoms with Crippen molar-refractivity contribution in [2.75, 3.05) is 6.61 Å². The van der Waals surface area contributed by atoms with Gasteiger partial charge in [0.25, 0.3) is 0 Å². The average Bonchev–Trinajstić information content (AvgIpc) is 2.24. The molecule has 0 aromatic rings. The minimum Gasteiger partial charge on any atom is -0.395 e. The fourth-order valence-corrected chi connectivity index (χ4v) is 1.35. The van der Waals surface area contributed by atoms with Crippen molar-refractivity contribution in [2.24, 2.45) is 5.41 Å². The fraction of sp³-hybridized carbons (Fsp3) is 0.692. The summed E-state index contributed by atoms with van der Waals surface area (Å²) in [6.45, 7) is 6.61. The Morgan fingerprint density at radius 3 is 2.14 bits per heavy atom. The molecule has 0 fully saturated rings. The Bertz CT molecular complexity index is 176. The Labute approximate surface area is 88.5 Å². The van der Waals surface area contributed by atoms with Gasteiger partial charge in [-0.05, 0) is 19.3 Å². The minimum atomic E-state index is -0.120. The molecule has 0 aliphatic carbocycles. The summed E-state index contributed by atoms with van der Waals surface area (Å²) in [4.78, 5) is 0. The minimum absolute atomic E-state index is 0.120. The second-order valence-electron chi connectivity index (χ2n) is 3.75. The number of aliphatic hydroxyl groups excluding tert-OH is 1. The second-order valence-corrected chi connectivity index (χ2v) is 3.75. The third kappa shape index (κ3) is 4.61. The van der Waals surface area contributed by atoms with Gasteiger partial charge in [-0.1, -0.05) is 51.5 Å². The molecule has 0 heterocycles. The lowest BCUT2D eigenvalue weighted by Crippen LogP contribution is -2.18. The Morgan fingerprint density at radius 2 is 1.71 bits per heavy atom. The van der Waals surface area contributed by atoms with Gasteiger partial charge in [0.05, 0.1) is 6.61 Å². The first-order valence-corrected chi connectivity index (χ1v) is 5.71.